The molecule has 0 radical (unpaired) electrons. The fraction of sp³-hybridized carbons (Fsp3) is 0.500. The van der Waals surface area contributed by atoms with E-state index in [4.69, 9.17) is 5.26 Å². The average Bonchev–Trinajstić information content (AvgIpc) is 2.42. The molecule has 0 unspecified atom stereocenters. The Balaban J connectivity index is 2.08. The van der Waals surface area contributed by atoms with Crippen molar-refractivity contribution < 1.29 is 9.90 Å². The highest BCUT2D eigenvalue weighted by molar-refractivity contribution is 5.87. The number of rotatable bonds is 4. The van der Waals surface area contributed by atoms with Crippen LogP contribution in [0.4, 0.5) is 0 Å². The summed E-state index contributed by atoms with van der Waals surface area (Å²) in [6.45, 7) is 3.94. The van der Waals surface area contributed by atoms with E-state index >= 15 is 0 Å². The van der Waals surface area contributed by atoms with E-state index in [9.17, 15) is 9.90 Å². The fourth-order valence-electron chi connectivity index (χ4n) is 2.34. The van der Waals surface area contributed by atoms with Crippen LogP contribution in [0.1, 0.15) is 44.2 Å². The van der Waals surface area contributed by atoms with Gasteiger partial charge in [0, 0.05) is 6.54 Å². The van der Waals surface area contributed by atoms with Crippen molar-refractivity contribution in [1.29, 1.82) is 5.26 Å². The minimum atomic E-state index is -0.729. The first-order chi connectivity index (χ1) is 9.37. The van der Waals surface area contributed by atoms with Crippen LogP contribution in [0.3, 0.4) is 0 Å². The van der Waals surface area contributed by atoms with Crippen molar-refractivity contribution in [3.8, 4) is 6.07 Å². The molecule has 2 rings (SSSR count). The molecule has 106 valence electrons. The number of benzene rings is 1. The van der Waals surface area contributed by atoms with Crippen LogP contribution < -0.4 is 5.32 Å². The van der Waals surface area contributed by atoms with E-state index in [1.54, 1.807) is 18.2 Å². The second kappa shape index (κ2) is 5.26. The number of hydrogen-bond acceptors (Lipinski definition) is 3. The zero-order valence-electron chi connectivity index (χ0n) is 11.9. The van der Waals surface area contributed by atoms with Crippen LogP contribution in [0.5, 0.6) is 0 Å². The Morgan fingerprint density at radius 2 is 2.20 bits per heavy atom. The third-order valence-corrected chi connectivity index (χ3v) is 4.14. The highest BCUT2D eigenvalue weighted by Gasteiger charge is 2.37. The van der Waals surface area contributed by atoms with Gasteiger partial charge >= 0.3 is 0 Å². The van der Waals surface area contributed by atoms with Crippen molar-refractivity contribution in [1.82, 2.24) is 5.32 Å². The van der Waals surface area contributed by atoms with Crippen LogP contribution in [0, 0.1) is 11.3 Å². The van der Waals surface area contributed by atoms with Crippen molar-refractivity contribution in [2.24, 2.45) is 0 Å². The van der Waals surface area contributed by atoms with Crippen LogP contribution in [-0.4, -0.2) is 23.2 Å². The van der Waals surface area contributed by atoms with Crippen LogP contribution in [-0.2, 0) is 10.2 Å². The number of nitrogens with zero attached hydrogens (tertiary/aromatic N) is 1. The van der Waals surface area contributed by atoms with E-state index < -0.39 is 11.0 Å². The Bertz CT molecular complexity index is 554. The summed E-state index contributed by atoms with van der Waals surface area (Å²) in [6.07, 6.45) is 2.51. The van der Waals surface area contributed by atoms with Crippen molar-refractivity contribution in [2.75, 3.05) is 6.54 Å². The highest BCUT2D eigenvalue weighted by atomic mass is 16.3. The van der Waals surface area contributed by atoms with Crippen molar-refractivity contribution in [3.63, 3.8) is 0 Å². The third-order valence-electron chi connectivity index (χ3n) is 4.14. The predicted octanol–water partition coefficient (Wildman–Crippen LogP) is 1.87. The first-order valence-corrected chi connectivity index (χ1v) is 6.89. The molecule has 4 nitrogen and oxygen atoms in total. The van der Waals surface area contributed by atoms with Crippen LogP contribution in [0.25, 0.3) is 0 Å². The molecular formula is C16H20N2O2. The van der Waals surface area contributed by atoms with Crippen molar-refractivity contribution in [3.05, 3.63) is 35.4 Å². The molecule has 1 aliphatic carbocycles. The quantitative estimate of drug-likeness (QED) is 0.878. The molecule has 0 aromatic heterocycles. The smallest absolute Gasteiger partial charge is 0.230 e. The monoisotopic (exact) mass is 272 g/mol. The second-order valence-corrected chi connectivity index (χ2v) is 6.08. The van der Waals surface area contributed by atoms with E-state index in [-0.39, 0.29) is 5.91 Å². The standard InChI is InChI=1S/C16H20N2O2/c1-15(2,13-6-3-5-12(9-13)10-17)14(19)18-11-16(20)7-4-8-16/h3,5-6,9,20H,4,7-8,11H2,1-2H3,(H,18,19). The molecule has 1 aromatic rings. The molecule has 0 spiro atoms. The molecule has 1 amide bonds. The molecule has 20 heavy (non-hydrogen) atoms. The number of nitriles is 1. The van der Waals surface area contributed by atoms with Gasteiger partial charge in [-0.25, -0.2) is 0 Å². The molecule has 2 N–H and O–H groups in total. The molecule has 1 fully saturated rings. The van der Waals surface area contributed by atoms with Gasteiger partial charge < -0.3 is 10.4 Å². The van der Waals surface area contributed by atoms with E-state index in [2.05, 4.69) is 11.4 Å². The van der Waals surface area contributed by atoms with Gasteiger partial charge in [0.05, 0.1) is 22.6 Å². The van der Waals surface area contributed by atoms with Crippen LogP contribution >= 0.6 is 0 Å². The average molecular weight is 272 g/mol. The molecule has 0 bridgehead atoms. The minimum Gasteiger partial charge on any atom is -0.388 e. The number of amides is 1. The predicted molar refractivity (Wildman–Crippen MR) is 76.0 cm³/mol. The summed E-state index contributed by atoms with van der Waals surface area (Å²) in [7, 11) is 0. The lowest BCUT2D eigenvalue weighted by molar-refractivity contribution is -0.128. The summed E-state index contributed by atoms with van der Waals surface area (Å²) < 4.78 is 0. The number of hydrogen-bond donors (Lipinski definition) is 2. The summed E-state index contributed by atoms with van der Waals surface area (Å²) in [4.78, 5) is 12.3. The summed E-state index contributed by atoms with van der Waals surface area (Å²) in [5, 5.41) is 21.8. The zero-order valence-corrected chi connectivity index (χ0v) is 11.9. The lowest BCUT2D eigenvalue weighted by Gasteiger charge is -2.37. The Morgan fingerprint density at radius 1 is 1.50 bits per heavy atom. The molecule has 1 saturated carbocycles. The summed E-state index contributed by atoms with van der Waals surface area (Å²) in [5.74, 6) is -0.132. The maximum absolute atomic E-state index is 12.3. The normalized spacial score (nSPS) is 16.9. The van der Waals surface area contributed by atoms with Gasteiger partial charge in [-0.05, 0) is 50.8 Å². The van der Waals surface area contributed by atoms with E-state index in [1.807, 2.05) is 19.9 Å². The second-order valence-electron chi connectivity index (χ2n) is 6.08. The third kappa shape index (κ3) is 2.83. The van der Waals surface area contributed by atoms with Crippen LogP contribution in [0.15, 0.2) is 24.3 Å². The Kier molecular flexibility index (Phi) is 3.82. The first-order valence-electron chi connectivity index (χ1n) is 6.89. The Morgan fingerprint density at radius 3 is 2.75 bits per heavy atom. The molecule has 0 aliphatic heterocycles. The topological polar surface area (TPSA) is 73.1 Å². The summed E-state index contributed by atoms with van der Waals surface area (Å²) >= 11 is 0. The van der Waals surface area contributed by atoms with Gasteiger partial charge in [-0.1, -0.05) is 12.1 Å². The van der Waals surface area contributed by atoms with Crippen LogP contribution in [0.2, 0.25) is 0 Å². The number of carbonyl (C=O) groups is 1. The van der Waals surface area contributed by atoms with Gasteiger partial charge in [0.2, 0.25) is 5.91 Å². The lowest BCUT2D eigenvalue weighted by Crippen LogP contribution is -2.51. The van der Waals surface area contributed by atoms with Gasteiger partial charge in [0.25, 0.3) is 0 Å². The maximum atomic E-state index is 12.3. The molecule has 0 saturated heterocycles. The Labute approximate surface area is 119 Å². The van der Waals surface area contributed by atoms with E-state index in [0.29, 0.717) is 12.1 Å². The highest BCUT2D eigenvalue weighted by Crippen LogP contribution is 2.31. The zero-order chi connectivity index (χ0) is 14.8. The summed E-state index contributed by atoms with van der Waals surface area (Å²) in [6, 6.07) is 9.16. The number of aliphatic hydroxyl groups is 1. The Hall–Kier alpha value is -1.86. The van der Waals surface area contributed by atoms with Crippen molar-refractivity contribution >= 4 is 5.91 Å². The molecule has 1 aliphatic rings. The summed E-state index contributed by atoms with van der Waals surface area (Å²) in [5.41, 5.74) is -0.108. The minimum absolute atomic E-state index is 0.132. The number of nitrogens with one attached hydrogen (secondary N) is 1. The molecule has 0 heterocycles. The number of carbonyl (C=O) groups excluding carboxylic acids is 1. The van der Waals surface area contributed by atoms with Crippen molar-refractivity contribution in [2.45, 2.75) is 44.1 Å². The maximum Gasteiger partial charge on any atom is 0.230 e. The molecular weight excluding hydrogens is 252 g/mol. The van der Waals surface area contributed by atoms with Gasteiger partial charge in [-0.15, -0.1) is 0 Å². The van der Waals surface area contributed by atoms with Gasteiger partial charge in [0.15, 0.2) is 0 Å². The van der Waals surface area contributed by atoms with E-state index in [0.717, 1.165) is 24.8 Å². The fourth-order valence-corrected chi connectivity index (χ4v) is 2.34. The lowest BCUT2D eigenvalue weighted by atomic mass is 9.79. The molecule has 0 atom stereocenters. The van der Waals surface area contributed by atoms with Gasteiger partial charge in [0.1, 0.15) is 0 Å². The largest absolute Gasteiger partial charge is 0.388 e. The van der Waals surface area contributed by atoms with Gasteiger partial charge in [-0.3, -0.25) is 4.79 Å². The van der Waals surface area contributed by atoms with E-state index in [1.165, 1.54) is 0 Å². The van der Waals surface area contributed by atoms with Gasteiger partial charge in [-0.2, -0.15) is 5.26 Å². The molecule has 4 heteroatoms. The molecule has 1 aromatic carbocycles. The first kappa shape index (κ1) is 14.5. The SMILES string of the molecule is CC(C)(C(=O)NCC1(O)CCC1)c1cccc(C#N)c1.